The molecule has 0 bridgehead atoms. The predicted octanol–water partition coefficient (Wildman–Crippen LogP) is 0.469. The summed E-state index contributed by atoms with van der Waals surface area (Å²) in [7, 11) is -3.68. The minimum absolute atomic E-state index is 0.0123. The van der Waals surface area contributed by atoms with E-state index >= 15 is 0 Å². The molecule has 0 heterocycles. The van der Waals surface area contributed by atoms with Crippen molar-refractivity contribution in [2.24, 2.45) is 16.3 Å². The summed E-state index contributed by atoms with van der Waals surface area (Å²) >= 11 is 0. The Morgan fingerprint density at radius 3 is 2.29 bits per heavy atom. The van der Waals surface area contributed by atoms with Crippen LogP contribution in [0.1, 0.15) is 31.2 Å². The second-order valence-electron chi connectivity index (χ2n) is 5.70. The number of rotatable bonds is 6. The van der Waals surface area contributed by atoms with Gasteiger partial charge in [-0.1, -0.05) is 18.6 Å². The number of hydrogen-bond donors (Lipinski definition) is 3. The molecular weight excluding hydrogens is 290 g/mol. The minimum Gasteiger partial charge on any atom is -0.352 e. The van der Waals surface area contributed by atoms with Crippen LogP contribution in [0.3, 0.4) is 0 Å². The minimum atomic E-state index is -3.68. The van der Waals surface area contributed by atoms with Crippen LogP contribution in [0.2, 0.25) is 0 Å². The fraction of sp³-hybridized carbons (Fsp3) is 0.500. The van der Waals surface area contributed by atoms with Gasteiger partial charge in [-0.2, -0.15) is 0 Å². The summed E-state index contributed by atoms with van der Waals surface area (Å²) in [6, 6.07) is 6.15. The van der Waals surface area contributed by atoms with E-state index in [0.717, 1.165) is 24.8 Å². The summed E-state index contributed by atoms with van der Waals surface area (Å²) < 4.78 is 22.3. The van der Waals surface area contributed by atoms with Gasteiger partial charge in [0, 0.05) is 13.0 Å². The molecule has 6 nitrogen and oxygen atoms in total. The molecule has 1 aliphatic rings. The van der Waals surface area contributed by atoms with Crippen molar-refractivity contribution in [1.82, 2.24) is 5.32 Å². The highest BCUT2D eigenvalue weighted by Gasteiger charge is 2.37. The Bertz CT molecular complexity index is 601. The Kier molecular flexibility index (Phi) is 4.65. The zero-order valence-electron chi connectivity index (χ0n) is 11.8. The molecule has 0 radical (unpaired) electrons. The van der Waals surface area contributed by atoms with Crippen LogP contribution in [0.25, 0.3) is 0 Å². The number of carbonyl (C=O) groups is 1. The van der Waals surface area contributed by atoms with Crippen molar-refractivity contribution in [1.29, 1.82) is 0 Å². The highest BCUT2D eigenvalue weighted by atomic mass is 32.2. The maximum absolute atomic E-state index is 11.9. The molecule has 7 heteroatoms. The van der Waals surface area contributed by atoms with Gasteiger partial charge in [-0.05, 0) is 42.5 Å². The fourth-order valence-corrected chi connectivity index (χ4v) is 3.05. The smallest absolute Gasteiger partial charge is 0.238 e. The van der Waals surface area contributed by atoms with E-state index in [1.54, 1.807) is 12.1 Å². The molecule has 1 saturated carbocycles. The van der Waals surface area contributed by atoms with Crippen molar-refractivity contribution in [2.75, 3.05) is 6.54 Å². The Morgan fingerprint density at radius 1 is 1.24 bits per heavy atom. The van der Waals surface area contributed by atoms with Crippen molar-refractivity contribution in [3.63, 3.8) is 0 Å². The van der Waals surface area contributed by atoms with Crippen LogP contribution in [-0.2, 0) is 21.4 Å². The van der Waals surface area contributed by atoms with Crippen LogP contribution < -0.4 is 16.2 Å². The van der Waals surface area contributed by atoms with Crippen LogP contribution in [0, 0.1) is 5.41 Å². The summed E-state index contributed by atoms with van der Waals surface area (Å²) in [4.78, 5) is 12.0. The monoisotopic (exact) mass is 311 g/mol. The van der Waals surface area contributed by atoms with Crippen molar-refractivity contribution < 1.29 is 13.2 Å². The van der Waals surface area contributed by atoms with E-state index in [9.17, 15) is 13.2 Å². The summed E-state index contributed by atoms with van der Waals surface area (Å²) in [5, 5.41) is 7.87. The van der Waals surface area contributed by atoms with Gasteiger partial charge in [0.15, 0.2) is 0 Å². The molecule has 1 aromatic carbocycles. The number of sulfonamides is 1. The molecule has 1 fully saturated rings. The molecule has 1 amide bonds. The third kappa shape index (κ3) is 4.03. The molecule has 5 N–H and O–H groups in total. The van der Waals surface area contributed by atoms with Gasteiger partial charge < -0.3 is 11.1 Å². The average Bonchev–Trinajstić information content (AvgIpc) is 2.40. The van der Waals surface area contributed by atoms with Crippen molar-refractivity contribution in [3.8, 4) is 0 Å². The van der Waals surface area contributed by atoms with Gasteiger partial charge in [-0.15, -0.1) is 0 Å². The van der Waals surface area contributed by atoms with E-state index in [2.05, 4.69) is 5.32 Å². The first-order valence-electron chi connectivity index (χ1n) is 6.93. The van der Waals surface area contributed by atoms with Gasteiger partial charge in [0.25, 0.3) is 0 Å². The van der Waals surface area contributed by atoms with Crippen LogP contribution in [0.5, 0.6) is 0 Å². The lowest BCUT2D eigenvalue weighted by molar-refractivity contribution is -0.124. The summed E-state index contributed by atoms with van der Waals surface area (Å²) in [5.74, 6) is -0.0179. The average molecular weight is 311 g/mol. The molecule has 0 atom stereocenters. The molecule has 1 aliphatic carbocycles. The first-order chi connectivity index (χ1) is 9.85. The van der Waals surface area contributed by atoms with Gasteiger partial charge in [0.1, 0.15) is 0 Å². The van der Waals surface area contributed by atoms with Gasteiger partial charge in [-0.3, -0.25) is 4.79 Å². The SMILES string of the molecule is NCC1(CC(=O)NCc2ccc(S(N)(=O)=O)cc2)CCC1. The Morgan fingerprint density at radius 2 is 1.86 bits per heavy atom. The van der Waals surface area contributed by atoms with E-state index in [1.807, 2.05) is 0 Å². The standard InChI is InChI=1S/C14H21N3O3S/c15-10-14(6-1-7-14)8-13(18)17-9-11-2-4-12(5-3-11)21(16,19)20/h2-5H,1,6-10,15H2,(H,17,18)(H2,16,19,20). The maximum Gasteiger partial charge on any atom is 0.238 e. The fourth-order valence-electron chi connectivity index (χ4n) is 2.53. The summed E-state index contributed by atoms with van der Waals surface area (Å²) in [6.45, 7) is 0.911. The Hall–Kier alpha value is -1.44. The van der Waals surface area contributed by atoms with Crippen LogP contribution in [-0.4, -0.2) is 20.9 Å². The third-order valence-electron chi connectivity index (χ3n) is 4.12. The first kappa shape index (κ1) is 15.9. The number of benzene rings is 1. The van der Waals surface area contributed by atoms with E-state index in [4.69, 9.17) is 10.9 Å². The number of carbonyl (C=O) groups excluding carboxylic acids is 1. The molecule has 1 aromatic rings. The molecule has 21 heavy (non-hydrogen) atoms. The number of nitrogens with two attached hydrogens (primary N) is 2. The number of primary sulfonamides is 1. The van der Waals surface area contributed by atoms with E-state index in [1.165, 1.54) is 12.1 Å². The van der Waals surface area contributed by atoms with Gasteiger partial charge in [0.05, 0.1) is 4.90 Å². The van der Waals surface area contributed by atoms with E-state index in [-0.39, 0.29) is 16.2 Å². The lowest BCUT2D eigenvalue weighted by Gasteiger charge is -2.40. The van der Waals surface area contributed by atoms with Crippen molar-refractivity contribution in [3.05, 3.63) is 29.8 Å². The van der Waals surface area contributed by atoms with Gasteiger partial charge in [-0.25, -0.2) is 13.6 Å². The first-order valence-corrected chi connectivity index (χ1v) is 8.48. The Balaban J connectivity index is 1.87. The van der Waals surface area contributed by atoms with Crippen molar-refractivity contribution >= 4 is 15.9 Å². The topological polar surface area (TPSA) is 115 Å². The highest BCUT2D eigenvalue weighted by Crippen LogP contribution is 2.42. The number of amides is 1. The number of nitrogens with one attached hydrogen (secondary N) is 1. The molecular formula is C14H21N3O3S. The molecule has 116 valence electrons. The van der Waals surface area contributed by atoms with Gasteiger partial charge in [0.2, 0.25) is 15.9 Å². The molecule has 0 aliphatic heterocycles. The van der Waals surface area contributed by atoms with E-state index < -0.39 is 10.0 Å². The highest BCUT2D eigenvalue weighted by molar-refractivity contribution is 7.89. The third-order valence-corrected chi connectivity index (χ3v) is 5.05. The van der Waals surface area contributed by atoms with Crippen LogP contribution in [0.4, 0.5) is 0 Å². The maximum atomic E-state index is 11.9. The van der Waals surface area contributed by atoms with Crippen molar-refractivity contribution in [2.45, 2.75) is 37.1 Å². The molecule has 0 spiro atoms. The second-order valence-corrected chi connectivity index (χ2v) is 7.26. The predicted molar refractivity (Wildman–Crippen MR) is 79.6 cm³/mol. The Labute approximate surface area is 124 Å². The lowest BCUT2D eigenvalue weighted by Crippen LogP contribution is -2.41. The van der Waals surface area contributed by atoms with Crippen LogP contribution >= 0.6 is 0 Å². The van der Waals surface area contributed by atoms with Crippen LogP contribution in [0.15, 0.2) is 29.2 Å². The molecule has 0 saturated heterocycles. The molecule has 0 aromatic heterocycles. The lowest BCUT2D eigenvalue weighted by atomic mass is 9.66. The number of hydrogen-bond acceptors (Lipinski definition) is 4. The van der Waals surface area contributed by atoms with Gasteiger partial charge >= 0.3 is 0 Å². The molecule has 0 unspecified atom stereocenters. The normalized spacial score (nSPS) is 17.0. The second kappa shape index (κ2) is 6.13. The quantitative estimate of drug-likeness (QED) is 0.708. The zero-order valence-corrected chi connectivity index (χ0v) is 12.7. The summed E-state index contributed by atoms with van der Waals surface area (Å²) in [5.41, 5.74) is 6.55. The zero-order chi connectivity index (χ0) is 15.5. The van der Waals surface area contributed by atoms with E-state index in [0.29, 0.717) is 19.5 Å². The molecule has 2 rings (SSSR count). The summed E-state index contributed by atoms with van der Waals surface area (Å²) in [6.07, 6.45) is 3.62. The largest absolute Gasteiger partial charge is 0.352 e.